The van der Waals surface area contributed by atoms with Crippen molar-refractivity contribution >= 4 is 11.6 Å². The number of likely N-dealkylation sites (N-methyl/N-ethyl adjacent to an activating group) is 1. The van der Waals surface area contributed by atoms with E-state index in [1.807, 2.05) is 13.1 Å². The van der Waals surface area contributed by atoms with Crippen LogP contribution in [0, 0.1) is 0 Å². The third kappa shape index (κ3) is 3.14. The van der Waals surface area contributed by atoms with Crippen LogP contribution in [0.5, 0.6) is 0 Å². The maximum atomic E-state index is 5.81. The van der Waals surface area contributed by atoms with Crippen LogP contribution in [0.25, 0.3) is 5.78 Å². The minimum absolute atomic E-state index is 0.279. The molecule has 0 radical (unpaired) electrons. The average Bonchev–Trinajstić information content (AvgIpc) is 2.96. The van der Waals surface area contributed by atoms with Gasteiger partial charge in [0.05, 0.1) is 18.4 Å². The van der Waals surface area contributed by atoms with Crippen LogP contribution in [0.1, 0.15) is 25.0 Å². The number of fused-ring (bicyclic) bond motifs is 1. The number of aromatic nitrogens is 4. The molecule has 1 atom stereocenters. The molecule has 1 aliphatic rings. The van der Waals surface area contributed by atoms with Crippen molar-refractivity contribution in [2.45, 2.75) is 32.0 Å². The number of nitrogens with zero attached hydrogens (tertiary/aromatic N) is 5. The van der Waals surface area contributed by atoms with Gasteiger partial charge < -0.3 is 14.4 Å². The summed E-state index contributed by atoms with van der Waals surface area (Å²) >= 11 is 0. The van der Waals surface area contributed by atoms with Gasteiger partial charge in [0.15, 0.2) is 0 Å². The van der Waals surface area contributed by atoms with E-state index in [4.69, 9.17) is 9.47 Å². The van der Waals surface area contributed by atoms with Crippen molar-refractivity contribution in [1.82, 2.24) is 19.6 Å². The third-order valence-corrected chi connectivity index (χ3v) is 3.72. The van der Waals surface area contributed by atoms with E-state index in [0.717, 1.165) is 31.1 Å². The minimum Gasteiger partial charge on any atom is -0.378 e. The van der Waals surface area contributed by atoms with Crippen LogP contribution in [0.3, 0.4) is 0 Å². The molecule has 7 nitrogen and oxygen atoms in total. The van der Waals surface area contributed by atoms with Gasteiger partial charge in [-0.05, 0) is 19.3 Å². The third-order valence-electron chi connectivity index (χ3n) is 3.72. The monoisotopic (exact) mass is 291 g/mol. The highest BCUT2D eigenvalue weighted by Crippen LogP contribution is 2.19. The van der Waals surface area contributed by atoms with E-state index in [1.165, 1.54) is 19.2 Å². The largest absolute Gasteiger partial charge is 0.378 e. The number of methoxy groups -OCH3 is 1. The Bertz CT molecular complexity index is 594. The Kier molecular flexibility index (Phi) is 4.31. The minimum atomic E-state index is 0.279. The lowest BCUT2D eigenvalue weighted by Gasteiger charge is -2.28. The van der Waals surface area contributed by atoms with Crippen LogP contribution in [-0.2, 0) is 16.1 Å². The summed E-state index contributed by atoms with van der Waals surface area (Å²) in [6, 6.07) is 1.99. The van der Waals surface area contributed by atoms with E-state index in [0.29, 0.717) is 12.4 Å². The maximum Gasteiger partial charge on any atom is 0.254 e. The lowest BCUT2D eigenvalue weighted by atomic mass is 10.1. The Morgan fingerprint density at radius 1 is 1.48 bits per heavy atom. The van der Waals surface area contributed by atoms with Gasteiger partial charge in [-0.2, -0.15) is 14.6 Å². The summed E-state index contributed by atoms with van der Waals surface area (Å²) in [6.07, 6.45) is 5.32. The molecule has 114 valence electrons. The van der Waals surface area contributed by atoms with Gasteiger partial charge in [-0.15, -0.1) is 0 Å². The molecule has 3 heterocycles. The van der Waals surface area contributed by atoms with Crippen molar-refractivity contribution in [2.75, 3.05) is 32.2 Å². The second kappa shape index (κ2) is 6.36. The van der Waals surface area contributed by atoms with Gasteiger partial charge in [0.25, 0.3) is 5.78 Å². The molecule has 0 amide bonds. The molecule has 0 aliphatic carbocycles. The Balaban J connectivity index is 1.84. The first-order valence-electron chi connectivity index (χ1n) is 7.29. The van der Waals surface area contributed by atoms with Crippen LogP contribution in [-0.4, -0.2) is 53.0 Å². The summed E-state index contributed by atoms with van der Waals surface area (Å²) in [4.78, 5) is 10.8. The van der Waals surface area contributed by atoms with E-state index in [1.54, 1.807) is 11.6 Å². The molecule has 0 aromatic carbocycles. The fraction of sp³-hybridized carbons (Fsp3) is 0.643. The van der Waals surface area contributed by atoms with Gasteiger partial charge in [0, 0.05) is 33.4 Å². The van der Waals surface area contributed by atoms with Crippen molar-refractivity contribution < 1.29 is 9.47 Å². The fourth-order valence-electron chi connectivity index (χ4n) is 2.69. The highest BCUT2D eigenvalue weighted by atomic mass is 16.5. The van der Waals surface area contributed by atoms with Gasteiger partial charge in [-0.3, -0.25) is 0 Å². The average molecular weight is 291 g/mol. The normalized spacial score (nSPS) is 19.0. The van der Waals surface area contributed by atoms with Crippen LogP contribution < -0.4 is 4.90 Å². The molecular weight excluding hydrogens is 270 g/mol. The first kappa shape index (κ1) is 14.2. The van der Waals surface area contributed by atoms with Crippen LogP contribution in [0.15, 0.2) is 12.4 Å². The van der Waals surface area contributed by atoms with Gasteiger partial charge in [-0.1, -0.05) is 0 Å². The number of hydrogen-bond donors (Lipinski definition) is 0. The number of rotatable bonds is 5. The highest BCUT2D eigenvalue weighted by molar-refractivity contribution is 5.46. The molecule has 2 aromatic rings. The second-order valence-electron chi connectivity index (χ2n) is 5.38. The molecule has 0 bridgehead atoms. The van der Waals surface area contributed by atoms with Gasteiger partial charge in [0.2, 0.25) is 0 Å². The van der Waals surface area contributed by atoms with Crippen LogP contribution in [0.4, 0.5) is 5.82 Å². The maximum absolute atomic E-state index is 5.81. The summed E-state index contributed by atoms with van der Waals surface area (Å²) < 4.78 is 12.7. The van der Waals surface area contributed by atoms with Gasteiger partial charge in [0.1, 0.15) is 12.1 Å². The first-order chi connectivity index (χ1) is 10.3. The van der Waals surface area contributed by atoms with Crippen molar-refractivity contribution in [3.8, 4) is 0 Å². The molecule has 21 heavy (non-hydrogen) atoms. The van der Waals surface area contributed by atoms with Crippen molar-refractivity contribution in [2.24, 2.45) is 0 Å². The zero-order valence-corrected chi connectivity index (χ0v) is 12.5. The van der Waals surface area contributed by atoms with Crippen LogP contribution in [0.2, 0.25) is 0 Å². The summed E-state index contributed by atoms with van der Waals surface area (Å²) in [6.45, 7) is 2.16. The SMILES string of the molecule is COCc1cc(N(C)CC2CCCCO2)n2ncnc2n1. The van der Waals surface area contributed by atoms with E-state index in [-0.39, 0.29) is 6.10 Å². The van der Waals surface area contributed by atoms with Gasteiger partial charge in [-0.25, -0.2) is 4.98 Å². The standard InChI is InChI=1S/C14H21N5O2/c1-18(8-12-5-3-4-6-21-12)13-7-11(9-20-2)17-14-15-10-16-19(13)14/h7,10,12H,3-6,8-9H2,1-2H3. The van der Waals surface area contributed by atoms with E-state index in [2.05, 4.69) is 20.0 Å². The highest BCUT2D eigenvalue weighted by Gasteiger charge is 2.18. The molecule has 0 saturated carbocycles. The second-order valence-corrected chi connectivity index (χ2v) is 5.38. The first-order valence-corrected chi connectivity index (χ1v) is 7.29. The molecule has 1 fully saturated rings. The Hall–Kier alpha value is -1.73. The lowest BCUT2D eigenvalue weighted by Crippen LogP contribution is -2.34. The van der Waals surface area contributed by atoms with Crippen molar-refractivity contribution in [3.05, 3.63) is 18.1 Å². The zero-order valence-electron chi connectivity index (χ0n) is 12.5. The summed E-state index contributed by atoms with van der Waals surface area (Å²) in [7, 11) is 3.71. The molecule has 7 heteroatoms. The zero-order chi connectivity index (χ0) is 14.7. The Morgan fingerprint density at radius 2 is 2.38 bits per heavy atom. The molecule has 0 N–H and O–H groups in total. The number of hydrogen-bond acceptors (Lipinski definition) is 6. The number of ether oxygens (including phenoxy) is 2. The number of anilines is 1. The summed E-state index contributed by atoms with van der Waals surface area (Å²) in [5.74, 6) is 1.55. The van der Waals surface area contributed by atoms with Crippen molar-refractivity contribution in [1.29, 1.82) is 0 Å². The molecule has 1 saturated heterocycles. The van der Waals surface area contributed by atoms with Crippen LogP contribution >= 0.6 is 0 Å². The molecule has 3 rings (SSSR count). The van der Waals surface area contributed by atoms with Gasteiger partial charge >= 0.3 is 0 Å². The topological polar surface area (TPSA) is 64.8 Å². The molecule has 1 aliphatic heterocycles. The predicted molar refractivity (Wildman–Crippen MR) is 78.4 cm³/mol. The summed E-state index contributed by atoms with van der Waals surface area (Å²) in [5, 5.41) is 4.25. The lowest BCUT2D eigenvalue weighted by molar-refractivity contribution is 0.0215. The smallest absolute Gasteiger partial charge is 0.254 e. The van der Waals surface area contributed by atoms with Crippen molar-refractivity contribution in [3.63, 3.8) is 0 Å². The molecular formula is C14H21N5O2. The van der Waals surface area contributed by atoms with E-state index < -0.39 is 0 Å². The van der Waals surface area contributed by atoms with E-state index >= 15 is 0 Å². The van der Waals surface area contributed by atoms with E-state index in [9.17, 15) is 0 Å². The quantitative estimate of drug-likeness (QED) is 0.827. The molecule has 1 unspecified atom stereocenters. The molecule has 0 spiro atoms. The molecule has 2 aromatic heterocycles. The predicted octanol–water partition coefficient (Wildman–Crippen LogP) is 1.28. The Labute approximate surface area is 123 Å². The summed E-state index contributed by atoms with van der Waals surface area (Å²) in [5.41, 5.74) is 0.851. The Morgan fingerprint density at radius 3 is 3.14 bits per heavy atom. The fourth-order valence-corrected chi connectivity index (χ4v) is 2.69.